The second-order valence-electron chi connectivity index (χ2n) is 7.68. The van der Waals surface area contributed by atoms with Crippen LogP contribution in [0, 0.1) is 22.7 Å². The zero-order chi connectivity index (χ0) is 20.8. The molecule has 2 fully saturated rings. The van der Waals surface area contributed by atoms with Crippen molar-refractivity contribution >= 4 is 48.3 Å². The topological polar surface area (TPSA) is 116 Å². The number of halogens is 1. The lowest BCUT2D eigenvalue weighted by Gasteiger charge is -2.24. The average Bonchev–Trinajstić information content (AvgIpc) is 3.33. The van der Waals surface area contributed by atoms with Crippen LogP contribution in [0.15, 0.2) is 17.0 Å². The van der Waals surface area contributed by atoms with Gasteiger partial charge in [-0.15, -0.1) is 0 Å². The van der Waals surface area contributed by atoms with Gasteiger partial charge in [-0.1, -0.05) is 22.9 Å². The van der Waals surface area contributed by atoms with Gasteiger partial charge in [0.05, 0.1) is 42.0 Å². The van der Waals surface area contributed by atoms with E-state index in [1.54, 1.807) is 12.1 Å². The van der Waals surface area contributed by atoms with E-state index in [1.165, 1.54) is 15.6 Å². The van der Waals surface area contributed by atoms with E-state index in [1.807, 2.05) is 6.92 Å². The lowest BCUT2D eigenvalue weighted by molar-refractivity contribution is 0.0905. The fraction of sp³-hybridized carbons (Fsp3) is 0.556. The number of sulfonamides is 1. The van der Waals surface area contributed by atoms with Crippen molar-refractivity contribution in [2.75, 3.05) is 38.2 Å². The van der Waals surface area contributed by atoms with Crippen molar-refractivity contribution in [3.8, 4) is 6.07 Å². The molecule has 2 aromatic rings. The maximum absolute atomic E-state index is 13.5. The summed E-state index contributed by atoms with van der Waals surface area (Å²) in [5.74, 6) is -0.0419. The fourth-order valence-corrected chi connectivity index (χ4v) is 7.24. The third-order valence-electron chi connectivity index (χ3n) is 5.64. The summed E-state index contributed by atoms with van der Waals surface area (Å²) in [6, 6.07) is 5.29. The molecule has 1 aromatic carbocycles. The summed E-state index contributed by atoms with van der Waals surface area (Å²) < 4.78 is 34.6. The van der Waals surface area contributed by atoms with Crippen LogP contribution in [0.3, 0.4) is 0 Å². The molecule has 3 atom stereocenters. The summed E-state index contributed by atoms with van der Waals surface area (Å²) in [5, 5.41) is 22.5. The minimum atomic E-state index is -3.91. The van der Waals surface area contributed by atoms with Crippen LogP contribution in [0.5, 0.6) is 0 Å². The molecule has 0 radical (unpaired) electrons. The molecule has 2 saturated heterocycles. The second-order valence-corrected chi connectivity index (χ2v) is 11.0. The van der Waals surface area contributed by atoms with Gasteiger partial charge in [0.2, 0.25) is 10.0 Å². The number of fused-ring (bicyclic) bond motifs is 2. The van der Waals surface area contributed by atoms with Crippen LogP contribution in [0.25, 0.3) is 10.2 Å². The molecule has 4 rings (SSSR count). The van der Waals surface area contributed by atoms with Gasteiger partial charge in [0.25, 0.3) is 0 Å². The van der Waals surface area contributed by atoms with Crippen molar-refractivity contribution in [2.24, 2.45) is 11.3 Å². The Bertz CT molecular complexity index is 1080. The number of ether oxygens (including phenoxy) is 1. The first-order valence-electron chi connectivity index (χ1n) is 9.22. The lowest BCUT2D eigenvalue weighted by Crippen LogP contribution is -2.36. The van der Waals surface area contributed by atoms with Crippen LogP contribution in [0.1, 0.15) is 13.3 Å². The monoisotopic (exact) mass is 456 g/mol. The van der Waals surface area contributed by atoms with Crippen molar-refractivity contribution in [1.82, 2.24) is 9.29 Å². The van der Waals surface area contributed by atoms with E-state index in [2.05, 4.69) is 16.4 Å². The number of aliphatic hydroxyl groups excluding tert-OH is 1. The molecular formula is C18H21ClN4O4S2. The number of benzene rings is 1. The molecule has 2 N–H and O–H groups in total. The Morgan fingerprint density at radius 1 is 1.59 bits per heavy atom. The van der Waals surface area contributed by atoms with Gasteiger partial charge >= 0.3 is 0 Å². The van der Waals surface area contributed by atoms with Gasteiger partial charge in [-0.05, 0) is 19.1 Å². The molecular weight excluding hydrogens is 436 g/mol. The maximum Gasteiger partial charge on any atom is 0.246 e. The Labute approximate surface area is 178 Å². The van der Waals surface area contributed by atoms with Crippen molar-refractivity contribution in [3.63, 3.8) is 0 Å². The molecule has 0 saturated carbocycles. The first-order chi connectivity index (χ1) is 13.8. The molecule has 2 aliphatic rings. The zero-order valence-electron chi connectivity index (χ0n) is 15.8. The normalized spacial score (nSPS) is 25.8. The smallest absolute Gasteiger partial charge is 0.246 e. The van der Waals surface area contributed by atoms with Crippen molar-refractivity contribution in [2.45, 2.75) is 24.3 Å². The van der Waals surface area contributed by atoms with Gasteiger partial charge in [-0.25, -0.2) is 13.4 Å². The Morgan fingerprint density at radius 2 is 2.38 bits per heavy atom. The summed E-state index contributed by atoms with van der Waals surface area (Å²) in [6.45, 7) is 3.00. The van der Waals surface area contributed by atoms with E-state index in [4.69, 9.17) is 21.6 Å². The Kier molecular flexibility index (Phi) is 5.48. The predicted octanol–water partition coefficient (Wildman–Crippen LogP) is 2.29. The number of aliphatic hydroxyl groups is 1. The number of hydrogen-bond donors (Lipinski definition) is 2. The lowest BCUT2D eigenvalue weighted by atomic mass is 9.82. The highest BCUT2D eigenvalue weighted by Crippen LogP contribution is 2.44. The van der Waals surface area contributed by atoms with Crippen LogP contribution in [-0.4, -0.2) is 61.8 Å². The molecule has 1 aromatic heterocycles. The van der Waals surface area contributed by atoms with Crippen molar-refractivity contribution < 1.29 is 18.3 Å². The fourth-order valence-electron chi connectivity index (χ4n) is 3.97. The van der Waals surface area contributed by atoms with Crippen LogP contribution < -0.4 is 5.32 Å². The third-order valence-corrected chi connectivity index (χ3v) is 8.90. The molecule has 0 spiro atoms. The van der Waals surface area contributed by atoms with E-state index in [9.17, 15) is 13.5 Å². The van der Waals surface area contributed by atoms with Crippen molar-refractivity contribution in [1.29, 1.82) is 5.26 Å². The summed E-state index contributed by atoms with van der Waals surface area (Å²) in [4.78, 5) is 4.47. The van der Waals surface area contributed by atoms with Gasteiger partial charge in [0.1, 0.15) is 10.4 Å². The molecule has 0 amide bonds. The maximum atomic E-state index is 13.5. The van der Waals surface area contributed by atoms with Gasteiger partial charge < -0.3 is 15.2 Å². The zero-order valence-corrected chi connectivity index (χ0v) is 18.1. The number of aromatic nitrogens is 1. The summed E-state index contributed by atoms with van der Waals surface area (Å²) in [5.41, 5.74) is -0.241. The Hall–Kier alpha value is -1.48. The summed E-state index contributed by atoms with van der Waals surface area (Å²) in [7, 11) is -3.91. The minimum Gasteiger partial charge on any atom is -0.396 e. The van der Waals surface area contributed by atoms with E-state index >= 15 is 0 Å². The van der Waals surface area contributed by atoms with Gasteiger partial charge in [0, 0.05) is 30.5 Å². The first kappa shape index (κ1) is 20.8. The highest BCUT2D eigenvalue weighted by molar-refractivity contribution is 7.89. The number of thiazole rings is 1. The number of anilines is 1. The van der Waals surface area contributed by atoms with Gasteiger partial charge in [-0.2, -0.15) is 9.57 Å². The van der Waals surface area contributed by atoms with Gasteiger partial charge in [0.15, 0.2) is 5.13 Å². The number of nitrogens with zero attached hydrogens (tertiary/aromatic N) is 3. The third kappa shape index (κ3) is 3.50. The predicted molar refractivity (Wildman–Crippen MR) is 111 cm³/mol. The molecule has 3 heterocycles. The van der Waals surface area contributed by atoms with Crippen LogP contribution in [0.4, 0.5) is 5.13 Å². The molecule has 1 unspecified atom stereocenters. The van der Waals surface area contributed by atoms with E-state index < -0.39 is 15.4 Å². The SMILES string of the molecule is CC(CC#N)Nc1nc2c(S(=O)(=O)N3C[C@@H]4COC[C@]4(CO)C3)c(Cl)ccc2s1. The second kappa shape index (κ2) is 7.65. The minimum absolute atomic E-state index is 0.0112. The van der Waals surface area contributed by atoms with E-state index in [-0.39, 0.29) is 41.6 Å². The Morgan fingerprint density at radius 3 is 3.07 bits per heavy atom. The number of nitriles is 1. The molecule has 0 bridgehead atoms. The Balaban J connectivity index is 1.72. The average molecular weight is 457 g/mol. The van der Waals surface area contributed by atoms with Gasteiger partial charge in [-0.3, -0.25) is 0 Å². The molecule has 156 valence electrons. The largest absolute Gasteiger partial charge is 0.396 e. The molecule has 2 aliphatic heterocycles. The highest BCUT2D eigenvalue weighted by atomic mass is 35.5. The molecule has 0 aliphatic carbocycles. The number of hydrogen-bond acceptors (Lipinski definition) is 8. The number of nitrogens with one attached hydrogen (secondary N) is 1. The number of rotatable bonds is 6. The quantitative estimate of drug-likeness (QED) is 0.685. The van der Waals surface area contributed by atoms with Crippen LogP contribution in [-0.2, 0) is 14.8 Å². The standard InChI is InChI=1S/C18H21ClN4O4S2/c1-11(4-5-20)21-17-22-15-14(28-17)3-2-13(19)16(15)29(25,26)23-6-12-7-27-10-18(12,8-23)9-24/h2-3,11-12,24H,4,6-10H2,1H3,(H,21,22)/t11?,12-,18-/m1/s1. The van der Waals surface area contributed by atoms with E-state index in [0.717, 1.165) is 0 Å². The van der Waals surface area contributed by atoms with Crippen molar-refractivity contribution in [3.05, 3.63) is 17.2 Å². The van der Waals surface area contributed by atoms with E-state index in [0.29, 0.717) is 35.0 Å². The summed E-state index contributed by atoms with van der Waals surface area (Å²) >= 11 is 7.66. The molecule has 11 heteroatoms. The highest BCUT2D eigenvalue weighted by Gasteiger charge is 2.53. The van der Waals surface area contributed by atoms with Crippen LogP contribution >= 0.6 is 22.9 Å². The first-order valence-corrected chi connectivity index (χ1v) is 11.9. The van der Waals surface area contributed by atoms with Crippen LogP contribution in [0.2, 0.25) is 5.02 Å². The molecule has 29 heavy (non-hydrogen) atoms. The molecule has 8 nitrogen and oxygen atoms in total. The summed E-state index contributed by atoms with van der Waals surface area (Å²) in [6.07, 6.45) is 0.308.